The fraction of sp³-hybridized carbons (Fsp3) is 0.533. The lowest BCUT2D eigenvalue weighted by molar-refractivity contribution is -0.134. The highest BCUT2D eigenvalue weighted by molar-refractivity contribution is 5.85. The molecular formula is C15H23ClFN3O2. The van der Waals surface area contributed by atoms with Crippen LogP contribution in [0.3, 0.4) is 0 Å². The van der Waals surface area contributed by atoms with Gasteiger partial charge < -0.3 is 15.4 Å². The molecule has 2 rings (SSSR count). The fourth-order valence-corrected chi connectivity index (χ4v) is 2.48. The van der Waals surface area contributed by atoms with Crippen LogP contribution in [-0.2, 0) is 11.3 Å². The summed E-state index contributed by atoms with van der Waals surface area (Å²) in [5.41, 5.74) is 6.51. The topological polar surface area (TPSA) is 58.8 Å². The van der Waals surface area contributed by atoms with Crippen molar-refractivity contribution in [3.05, 3.63) is 29.6 Å². The summed E-state index contributed by atoms with van der Waals surface area (Å²) in [6.07, 6.45) is 0. The first-order valence-corrected chi connectivity index (χ1v) is 7.10. The molecule has 1 saturated heterocycles. The van der Waals surface area contributed by atoms with Crippen LogP contribution in [0.25, 0.3) is 0 Å². The van der Waals surface area contributed by atoms with Crippen molar-refractivity contribution in [3.63, 3.8) is 0 Å². The molecule has 124 valence electrons. The van der Waals surface area contributed by atoms with Gasteiger partial charge in [0.15, 0.2) is 11.6 Å². The van der Waals surface area contributed by atoms with Gasteiger partial charge in [-0.15, -0.1) is 12.4 Å². The number of ether oxygens (including phenoxy) is 1. The molecule has 0 aromatic heterocycles. The van der Waals surface area contributed by atoms with E-state index in [2.05, 4.69) is 4.90 Å². The average molecular weight is 332 g/mol. The summed E-state index contributed by atoms with van der Waals surface area (Å²) in [7, 11) is 1.45. The van der Waals surface area contributed by atoms with Gasteiger partial charge in [-0.2, -0.15) is 0 Å². The summed E-state index contributed by atoms with van der Waals surface area (Å²) in [6, 6.07) is 4.55. The van der Waals surface area contributed by atoms with Crippen LogP contribution in [0.15, 0.2) is 18.2 Å². The van der Waals surface area contributed by atoms with E-state index in [1.165, 1.54) is 13.2 Å². The predicted octanol–water partition coefficient (Wildman–Crippen LogP) is 1.25. The number of halogens is 2. The Morgan fingerprint density at radius 1 is 1.36 bits per heavy atom. The quantitative estimate of drug-likeness (QED) is 0.902. The number of nitrogens with zero attached hydrogens (tertiary/aromatic N) is 2. The molecule has 0 bridgehead atoms. The molecule has 1 amide bonds. The first-order chi connectivity index (χ1) is 10.0. The normalized spacial score (nSPS) is 16.8. The van der Waals surface area contributed by atoms with Crippen molar-refractivity contribution in [3.8, 4) is 5.75 Å². The zero-order valence-electron chi connectivity index (χ0n) is 12.9. The van der Waals surface area contributed by atoms with Crippen molar-refractivity contribution in [1.29, 1.82) is 0 Å². The Hall–Kier alpha value is -1.37. The van der Waals surface area contributed by atoms with Crippen molar-refractivity contribution < 1.29 is 13.9 Å². The van der Waals surface area contributed by atoms with Gasteiger partial charge in [0, 0.05) is 32.7 Å². The largest absolute Gasteiger partial charge is 0.494 e. The molecule has 1 fully saturated rings. The molecule has 7 heteroatoms. The molecule has 1 atom stereocenters. The molecule has 0 spiro atoms. The third-order valence-electron chi connectivity index (χ3n) is 3.70. The van der Waals surface area contributed by atoms with Crippen LogP contribution >= 0.6 is 12.4 Å². The smallest absolute Gasteiger partial charge is 0.239 e. The van der Waals surface area contributed by atoms with Crippen LogP contribution < -0.4 is 10.5 Å². The van der Waals surface area contributed by atoms with Gasteiger partial charge >= 0.3 is 0 Å². The molecule has 2 N–H and O–H groups in total. The molecule has 22 heavy (non-hydrogen) atoms. The summed E-state index contributed by atoms with van der Waals surface area (Å²) in [5.74, 6) is -0.1000. The van der Waals surface area contributed by atoms with E-state index >= 15 is 0 Å². The van der Waals surface area contributed by atoms with E-state index in [-0.39, 0.29) is 29.9 Å². The Balaban J connectivity index is 0.00000242. The standard InChI is InChI=1S/C15H22FN3O2.ClH/c1-11(17)15(20)19-7-5-18(6-8-19)10-12-3-4-14(21-2)13(16)9-12;/h3-4,9,11H,5-8,10,17H2,1-2H3;1H. The number of piperazine rings is 1. The number of carbonyl (C=O) groups excluding carboxylic acids is 1. The van der Waals surface area contributed by atoms with Crippen LogP contribution in [0.1, 0.15) is 12.5 Å². The van der Waals surface area contributed by atoms with E-state index in [1.807, 2.05) is 6.07 Å². The monoisotopic (exact) mass is 331 g/mol. The molecule has 1 aromatic carbocycles. The van der Waals surface area contributed by atoms with Crippen molar-refractivity contribution >= 4 is 18.3 Å². The maximum atomic E-state index is 13.7. The van der Waals surface area contributed by atoms with Crippen molar-refractivity contribution in [2.24, 2.45) is 5.73 Å². The van der Waals surface area contributed by atoms with Crippen LogP contribution in [0.5, 0.6) is 5.75 Å². The van der Waals surface area contributed by atoms with Crippen LogP contribution in [0.4, 0.5) is 4.39 Å². The molecule has 1 aromatic rings. The van der Waals surface area contributed by atoms with E-state index in [4.69, 9.17) is 10.5 Å². The molecule has 5 nitrogen and oxygen atoms in total. The summed E-state index contributed by atoms with van der Waals surface area (Å²) < 4.78 is 18.6. The minimum atomic E-state index is -0.452. The molecule has 0 aliphatic carbocycles. The highest BCUT2D eigenvalue weighted by Gasteiger charge is 2.23. The van der Waals surface area contributed by atoms with Gasteiger partial charge in [0.05, 0.1) is 13.2 Å². The average Bonchev–Trinajstić information content (AvgIpc) is 2.47. The minimum absolute atomic E-state index is 0. The van der Waals surface area contributed by atoms with Gasteiger partial charge in [-0.25, -0.2) is 4.39 Å². The fourth-order valence-electron chi connectivity index (χ4n) is 2.48. The van der Waals surface area contributed by atoms with Crippen LogP contribution in [-0.4, -0.2) is 55.0 Å². The predicted molar refractivity (Wildman–Crippen MR) is 85.7 cm³/mol. The molecule has 1 heterocycles. The third kappa shape index (κ3) is 4.56. The number of hydrogen-bond acceptors (Lipinski definition) is 4. The highest BCUT2D eigenvalue weighted by Crippen LogP contribution is 2.19. The lowest BCUT2D eigenvalue weighted by atomic mass is 10.1. The maximum absolute atomic E-state index is 13.7. The molecule has 1 aliphatic rings. The lowest BCUT2D eigenvalue weighted by Crippen LogP contribution is -2.52. The second-order valence-corrected chi connectivity index (χ2v) is 5.36. The van der Waals surface area contributed by atoms with E-state index in [0.29, 0.717) is 19.6 Å². The molecular weight excluding hydrogens is 309 g/mol. The Labute approximate surface area is 136 Å². The Morgan fingerprint density at radius 2 is 2.00 bits per heavy atom. The van der Waals surface area contributed by atoms with Crippen molar-refractivity contribution in [2.45, 2.75) is 19.5 Å². The first kappa shape index (κ1) is 18.7. The van der Waals surface area contributed by atoms with E-state index < -0.39 is 6.04 Å². The van der Waals surface area contributed by atoms with E-state index in [0.717, 1.165) is 18.7 Å². The van der Waals surface area contributed by atoms with E-state index in [1.54, 1.807) is 17.9 Å². The number of nitrogens with two attached hydrogens (primary N) is 1. The zero-order valence-corrected chi connectivity index (χ0v) is 13.7. The van der Waals surface area contributed by atoms with Crippen molar-refractivity contribution in [1.82, 2.24) is 9.80 Å². The first-order valence-electron chi connectivity index (χ1n) is 7.10. The summed E-state index contributed by atoms with van der Waals surface area (Å²) >= 11 is 0. The summed E-state index contributed by atoms with van der Waals surface area (Å²) in [6.45, 7) is 5.24. The van der Waals surface area contributed by atoms with Crippen LogP contribution in [0.2, 0.25) is 0 Å². The van der Waals surface area contributed by atoms with Gasteiger partial charge in [0.25, 0.3) is 0 Å². The molecule has 0 radical (unpaired) electrons. The summed E-state index contributed by atoms with van der Waals surface area (Å²) in [5, 5.41) is 0. The zero-order chi connectivity index (χ0) is 15.4. The highest BCUT2D eigenvalue weighted by atomic mass is 35.5. The SMILES string of the molecule is COc1ccc(CN2CCN(C(=O)C(C)N)CC2)cc1F.Cl. The van der Waals surface area contributed by atoms with E-state index in [9.17, 15) is 9.18 Å². The number of rotatable bonds is 4. The number of amides is 1. The Kier molecular flexibility index (Phi) is 7.06. The number of carbonyl (C=O) groups is 1. The number of hydrogen-bond donors (Lipinski definition) is 1. The Bertz CT molecular complexity index is 506. The van der Waals surface area contributed by atoms with Gasteiger partial charge in [0.2, 0.25) is 5.91 Å². The molecule has 1 unspecified atom stereocenters. The lowest BCUT2D eigenvalue weighted by Gasteiger charge is -2.35. The number of methoxy groups -OCH3 is 1. The van der Waals surface area contributed by atoms with Gasteiger partial charge in [-0.05, 0) is 24.6 Å². The number of benzene rings is 1. The summed E-state index contributed by atoms with van der Waals surface area (Å²) in [4.78, 5) is 15.8. The second-order valence-electron chi connectivity index (χ2n) is 5.36. The van der Waals surface area contributed by atoms with Crippen LogP contribution in [0, 0.1) is 5.82 Å². The third-order valence-corrected chi connectivity index (χ3v) is 3.70. The van der Waals surface area contributed by atoms with Gasteiger partial charge in [0.1, 0.15) is 0 Å². The second kappa shape index (κ2) is 8.31. The Morgan fingerprint density at radius 3 is 2.50 bits per heavy atom. The molecule has 1 aliphatic heterocycles. The maximum Gasteiger partial charge on any atom is 0.239 e. The van der Waals surface area contributed by atoms with Gasteiger partial charge in [-0.1, -0.05) is 6.07 Å². The molecule has 0 saturated carbocycles. The minimum Gasteiger partial charge on any atom is -0.494 e. The van der Waals surface area contributed by atoms with Crippen molar-refractivity contribution in [2.75, 3.05) is 33.3 Å². The van der Waals surface area contributed by atoms with Gasteiger partial charge in [-0.3, -0.25) is 9.69 Å².